The van der Waals surface area contributed by atoms with Crippen LogP contribution in [0.3, 0.4) is 0 Å². The third-order valence-electron chi connectivity index (χ3n) is 6.10. The molecule has 2 aliphatic carbocycles. The van der Waals surface area contributed by atoms with Crippen molar-refractivity contribution in [2.45, 2.75) is 6.42 Å². The first-order valence-corrected chi connectivity index (χ1v) is 10.4. The topological polar surface area (TPSA) is 63.7 Å². The highest BCUT2D eigenvalue weighted by atomic mass is 79.9. The standard InChI is InChI=1S/C23H18BrNO4/c24-16-9-7-13(8-10-16)18(26)12-29-19-4-2-1-3-17(19)25-22(27)20-14-5-6-15(11-14)21(20)23(25)28/h1-10,14-15,20-21H,11-12H2/t14-,15+,20-,21+. The molecule has 0 aromatic heterocycles. The average molecular weight is 452 g/mol. The molecule has 0 N–H and O–H groups in total. The summed E-state index contributed by atoms with van der Waals surface area (Å²) in [6, 6.07) is 13.9. The molecule has 1 saturated heterocycles. The first-order chi connectivity index (χ1) is 14.0. The van der Waals surface area contributed by atoms with Gasteiger partial charge in [0.1, 0.15) is 5.75 Å². The Morgan fingerprint density at radius 2 is 1.59 bits per heavy atom. The number of nitrogens with zero attached hydrogens (tertiary/aromatic N) is 1. The van der Waals surface area contributed by atoms with Crippen LogP contribution in [0.25, 0.3) is 0 Å². The molecule has 3 aliphatic rings. The Balaban J connectivity index is 1.38. The summed E-state index contributed by atoms with van der Waals surface area (Å²) in [6.07, 6.45) is 5.03. The van der Waals surface area contributed by atoms with Crippen LogP contribution in [-0.2, 0) is 9.59 Å². The number of amides is 2. The Bertz CT molecular complexity index is 1020. The Labute approximate surface area is 176 Å². The smallest absolute Gasteiger partial charge is 0.238 e. The van der Waals surface area contributed by atoms with E-state index in [-0.39, 0.29) is 47.9 Å². The molecule has 2 fully saturated rings. The van der Waals surface area contributed by atoms with Crippen molar-refractivity contribution in [1.29, 1.82) is 0 Å². The minimum absolute atomic E-state index is 0.151. The predicted octanol–water partition coefficient (Wildman–Crippen LogP) is 4.02. The van der Waals surface area contributed by atoms with Crippen LogP contribution in [0.4, 0.5) is 5.69 Å². The largest absolute Gasteiger partial charge is 0.483 e. The van der Waals surface area contributed by atoms with Crippen LogP contribution in [0.15, 0.2) is 65.2 Å². The maximum Gasteiger partial charge on any atom is 0.238 e. The first kappa shape index (κ1) is 18.3. The van der Waals surface area contributed by atoms with Crippen LogP contribution >= 0.6 is 15.9 Å². The van der Waals surface area contributed by atoms with E-state index < -0.39 is 0 Å². The first-order valence-electron chi connectivity index (χ1n) is 9.61. The van der Waals surface area contributed by atoms with Crippen LogP contribution in [0.2, 0.25) is 0 Å². The van der Waals surface area contributed by atoms with Crippen LogP contribution in [0.5, 0.6) is 5.75 Å². The zero-order chi connectivity index (χ0) is 20.1. The molecule has 5 nitrogen and oxygen atoms in total. The maximum atomic E-state index is 13.1. The van der Waals surface area contributed by atoms with Gasteiger partial charge in [0.05, 0.1) is 17.5 Å². The molecule has 2 amide bonds. The monoisotopic (exact) mass is 451 g/mol. The molecular weight excluding hydrogens is 434 g/mol. The predicted molar refractivity (Wildman–Crippen MR) is 111 cm³/mol. The number of Topliss-reactive ketones (excluding diaryl/α,β-unsaturated/α-hetero) is 1. The molecule has 29 heavy (non-hydrogen) atoms. The van der Waals surface area contributed by atoms with E-state index >= 15 is 0 Å². The van der Waals surface area contributed by atoms with Gasteiger partial charge in [0.25, 0.3) is 0 Å². The fourth-order valence-corrected chi connectivity index (χ4v) is 5.03. The SMILES string of the molecule is O=C(COc1ccccc1N1C(=O)[C@@H]2[C@H](C1=O)[C@@H]1C=C[C@H]2C1)c1ccc(Br)cc1. The van der Waals surface area contributed by atoms with E-state index in [0.29, 0.717) is 17.0 Å². The van der Waals surface area contributed by atoms with Gasteiger partial charge in [-0.05, 0) is 42.5 Å². The zero-order valence-corrected chi connectivity index (χ0v) is 17.0. The third kappa shape index (κ3) is 2.94. The lowest BCUT2D eigenvalue weighted by molar-refractivity contribution is -0.123. The maximum absolute atomic E-state index is 13.1. The van der Waals surface area contributed by atoms with E-state index in [1.165, 1.54) is 4.90 Å². The van der Waals surface area contributed by atoms with E-state index in [2.05, 4.69) is 28.1 Å². The molecule has 0 spiro atoms. The number of rotatable bonds is 5. The summed E-state index contributed by atoms with van der Waals surface area (Å²) in [5.41, 5.74) is 0.955. The van der Waals surface area contributed by atoms with Gasteiger partial charge in [0.2, 0.25) is 11.8 Å². The minimum atomic E-state index is -0.269. The summed E-state index contributed by atoms with van der Waals surface area (Å²) in [5.74, 6) is -0.369. The summed E-state index contributed by atoms with van der Waals surface area (Å²) in [7, 11) is 0. The summed E-state index contributed by atoms with van der Waals surface area (Å²) >= 11 is 3.35. The second kappa shape index (κ2) is 6.95. The molecule has 0 unspecified atom stereocenters. The summed E-state index contributed by atoms with van der Waals surface area (Å²) < 4.78 is 6.65. The molecule has 2 bridgehead atoms. The molecule has 1 aliphatic heterocycles. The van der Waals surface area contributed by atoms with Crippen molar-refractivity contribution in [3.63, 3.8) is 0 Å². The van der Waals surface area contributed by atoms with Crippen molar-refractivity contribution in [1.82, 2.24) is 0 Å². The molecule has 1 heterocycles. The van der Waals surface area contributed by atoms with Crippen LogP contribution < -0.4 is 9.64 Å². The molecule has 5 rings (SSSR count). The van der Waals surface area contributed by atoms with Gasteiger partial charge in [-0.25, -0.2) is 4.90 Å². The second-order valence-electron chi connectivity index (χ2n) is 7.70. The lowest BCUT2D eigenvalue weighted by atomic mass is 9.85. The van der Waals surface area contributed by atoms with Gasteiger partial charge in [0.15, 0.2) is 12.4 Å². The summed E-state index contributed by atoms with van der Waals surface area (Å²) in [5, 5.41) is 0. The number of para-hydroxylation sites is 2. The zero-order valence-electron chi connectivity index (χ0n) is 15.5. The number of halogens is 1. The molecule has 1 saturated carbocycles. The Kier molecular flexibility index (Phi) is 4.39. The van der Waals surface area contributed by atoms with Crippen LogP contribution in [0, 0.1) is 23.7 Å². The number of carbonyl (C=O) groups is 3. The molecule has 2 aromatic carbocycles. The van der Waals surface area contributed by atoms with Gasteiger partial charge >= 0.3 is 0 Å². The van der Waals surface area contributed by atoms with Crippen molar-refractivity contribution in [2.75, 3.05) is 11.5 Å². The molecule has 4 atom stereocenters. The highest BCUT2D eigenvalue weighted by molar-refractivity contribution is 9.10. The third-order valence-corrected chi connectivity index (χ3v) is 6.63. The van der Waals surface area contributed by atoms with Gasteiger partial charge in [-0.15, -0.1) is 0 Å². The number of ketones is 1. The van der Waals surface area contributed by atoms with Gasteiger partial charge in [-0.1, -0.05) is 52.3 Å². The number of ether oxygens (including phenoxy) is 1. The molecule has 0 radical (unpaired) electrons. The average Bonchev–Trinajstić information content (AvgIpc) is 3.41. The second-order valence-corrected chi connectivity index (χ2v) is 8.61. The van der Waals surface area contributed by atoms with Crippen molar-refractivity contribution in [3.05, 3.63) is 70.7 Å². The van der Waals surface area contributed by atoms with Gasteiger partial charge in [-0.2, -0.15) is 0 Å². The van der Waals surface area contributed by atoms with Crippen molar-refractivity contribution in [2.24, 2.45) is 23.7 Å². The van der Waals surface area contributed by atoms with E-state index in [1.54, 1.807) is 48.5 Å². The molecule has 6 heteroatoms. The number of allylic oxidation sites excluding steroid dienone is 2. The number of hydrogen-bond acceptors (Lipinski definition) is 4. The minimum Gasteiger partial charge on any atom is -0.483 e. The van der Waals surface area contributed by atoms with E-state index in [1.807, 2.05) is 0 Å². The van der Waals surface area contributed by atoms with Crippen molar-refractivity contribution in [3.8, 4) is 5.75 Å². The Morgan fingerprint density at radius 3 is 2.24 bits per heavy atom. The molecular formula is C23H18BrNO4. The van der Waals surface area contributed by atoms with Crippen LogP contribution in [0.1, 0.15) is 16.8 Å². The number of fused-ring (bicyclic) bond motifs is 5. The lowest BCUT2D eigenvalue weighted by Crippen LogP contribution is -2.33. The molecule has 2 aromatic rings. The highest BCUT2D eigenvalue weighted by Gasteiger charge is 2.59. The molecule has 146 valence electrons. The van der Waals surface area contributed by atoms with Gasteiger partial charge in [-0.3, -0.25) is 14.4 Å². The van der Waals surface area contributed by atoms with Crippen molar-refractivity contribution < 1.29 is 19.1 Å². The van der Waals surface area contributed by atoms with Gasteiger partial charge in [0, 0.05) is 10.0 Å². The summed E-state index contributed by atoms with van der Waals surface area (Å²) in [4.78, 5) is 39.9. The summed E-state index contributed by atoms with van der Waals surface area (Å²) in [6.45, 7) is -0.172. The van der Waals surface area contributed by atoms with E-state index in [4.69, 9.17) is 4.74 Å². The highest BCUT2D eigenvalue weighted by Crippen LogP contribution is 2.53. The van der Waals surface area contributed by atoms with Crippen molar-refractivity contribution >= 4 is 39.2 Å². The Morgan fingerprint density at radius 1 is 0.966 bits per heavy atom. The fraction of sp³-hybridized carbons (Fsp3) is 0.261. The normalized spacial score (nSPS) is 26.9. The number of imide groups is 1. The van der Waals surface area contributed by atoms with E-state index in [9.17, 15) is 14.4 Å². The fourth-order valence-electron chi connectivity index (χ4n) is 4.77. The van der Waals surface area contributed by atoms with Crippen LogP contribution in [-0.4, -0.2) is 24.2 Å². The quantitative estimate of drug-likeness (QED) is 0.391. The van der Waals surface area contributed by atoms with Gasteiger partial charge < -0.3 is 4.74 Å². The Hall–Kier alpha value is -2.73. The van der Waals surface area contributed by atoms with E-state index in [0.717, 1.165) is 10.9 Å². The number of benzene rings is 2. The lowest BCUT2D eigenvalue weighted by Gasteiger charge is -2.20. The number of hydrogen-bond donors (Lipinski definition) is 0. The number of anilines is 1. The number of carbonyl (C=O) groups excluding carboxylic acids is 3.